The number of hydrogen-bond acceptors (Lipinski definition) is 3. The van der Waals surface area contributed by atoms with Gasteiger partial charge in [-0.1, -0.05) is 6.42 Å². The molecule has 0 aromatic heterocycles. The number of piperidine rings is 1. The minimum absolute atomic E-state index is 0.0477. The lowest BCUT2D eigenvalue weighted by Gasteiger charge is -2.38. The molecule has 0 saturated carbocycles. The average Bonchev–Trinajstić information content (AvgIpc) is 2.53. The molecule has 2 rings (SSSR count). The number of rotatable bonds is 4. The second-order valence-electron chi connectivity index (χ2n) is 5.41. The third kappa shape index (κ3) is 3.47. The van der Waals surface area contributed by atoms with Gasteiger partial charge in [0.05, 0.1) is 12.1 Å². The van der Waals surface area contributed by atoms with Gasteiger partial charge in [0.2, 0.25) is 5.91 Å². The molecule has 1 saturated heterocycles. The van der Waals surface area contributed by atoms with Crippen LogP contribution >= 0.6 is 0 Å². The Labute approximate surface area is 124 Å². The largest absolute Gasteiger partial charge is 0.358 e. The quantitative estimate of drug-likeness (QED) is 0.864. The number of nitrogens with zero attached hydrogens (tertiary/aromatic N) is 1. The van der Waals surface area contributed by atoms with Crippen molar-refractivity contribution in [2.75, 3.05) is 13.6 Å². The summed E-state index contributed by atoms with van der Waals surface area (Å²) >= 11 is 0. The van der Waals surface area contributed by atoms with Crippen molar-refractivity contribution in [1.82, 2.24) is 10.2 Å². The zero-order chi connectivity index (χ0) is 15.4. The number of carbonyl (C=O) groups is 2. The molecule has 1 N–H and O–H groups in total. The Morgan fingerprint density at radius 1 is 1.29 bits per heavy atom. The number of nitrogens with one attached hydrogen (secondary N) is 1. The smallest absolute Gasteiger partial charge is 0.237 e. The fourth-order valence-electron chi connectivity index (χ4n) is 2.87. The molecule has 1 aliphatic heterocycles. The molecule has 2 unspecified atom stereocenters. The zero-order valence-corrected chi connectivity index (χ0v) is 12.4. The fourth-order valence-corrected chi connectivity index (χ4v) is 2.87. The van der Waals surface area contributed by atoms with E-state index in [9.17, 15) is 14.0 Å². The number of hydrogen-bond donors (Lipinski definition) is 1. The van der Waals surface area contributed by atoms with E-state index in [-0.39, 0.29) is 23.5 Å². The van der Waals surface area contributed by atoms with Crippen molar-refractivity contribution in [3.63, 3.8) is 0 Å². The van der Waals surface area contributed by atoms with Gasteiger partial charge in [-0.2, -0.15) is 0 Å². The van der Waals surface area contributed by atoms with Gasteiger partial charge in [-0.05, 0) is 50.6 Å². The minimum atomic E-state index is -0.391. The maximum Gasteiger partial charge on any atom is 0.237 e. The van der Waals surface area contributed by atoms with Gasteiger partial charge < -0.3 is 5.32 Å². The van der Waals surface area contributed by atoms with Crippen LogP contribution in [-0.4, -0.2) is 42.3 Å². The molecule has 1 aromatic rings. The third-order valence-corrected chi connectivity index (χ3v) is 4.10. The highest BCUT2D eigenvalue weighted by Crippen LogP contribution is 2.22. The van der Waals surface area contributed by atoms with Crippen LogP contribution in [0.15, 0.2) is 24.3 Å². The van der Waals surface area contributed by atoms with Crippen molar-refractivity contribution in [2.24, 2.45) is 0 Å². The topological polar surface area (TPSA) is 49.4 Å². The molecule has 1 aromatic carbocycles. The van der Waals surface area contributed by atoms with Gasteiger partial charge in [0, 0.05) is 12.6 Å². The van der Waals surface area contributed by atoms with Gasteiger partial charge in [0.25, 0.3) is 0 Å². The van der Waals surface area contributed by atoms with E-state index in [0.29, 0.717) is 5.56 Å². The van der Waals surface area contributed by atoms with E-state index in [1.807, 2.05) is 11.8 Å². The van der Waals surface area contributed by atoms with E-state index < -0.39 is 6.04 Å². The van der Waals surface area contributed by atoms with Crippen LogP contribution in [-0.2, 0) is 4.79 Å². The van der Waals surface area contributed by atoms with E-state index in [1.165, 1.54) is 24.3 Å². The molecule has 1 amide bonds. The number of likely N-dealkylation sites (tertiary alicyclic amines) is 1. The van der Waals surface area contributed by atoms with Crippen molar-refractivity contribution >= 4 is 11.7 Å². The predicted molar refractivity (Wildman–Crippen MR) is 78.6 cm³/mol. The van der Waals surface area contributed by atoms with Crippen molar-refractivity contribution in [1.29, 1.82) is 0 Å². The molecule has 0 bridgehead atoms. The summed E-state index contributed by atoms with van der Waals surface area (Å²) in [6, 6.07) is 4.90. The Balaban J connectivity index is 2.16. The number of likely N-dealkylation sites (N-methyl/N-ethyl adjacent to an activating group) is 1. The Morgan fingerprint density at radius 3 is 2.57 bits per heavy atom. The summed E-state index contributed by atoms with van der Waals surface area (Å²) in [6.45, 7) is 2.54. The van der Waals surface area contributed by atoms with Crippen LogP contribution in [0.2, 0.25) is 0 Å². The van der Waals surface area contributed by atoms with E-state index in [0.717, 1.165) is 25.8 Å². The standard InChI is InChI=1S/C16H21FN2O2/c1-11(15(20)12-6-8-13(17)9-7-12)19-10-4-3-5-14(19)16(21)18-2/h6-9,11,14H,3-5,10H2,1-2H3,(H,18,21). The highest BCUT2D eigenvalue weighted by atomic mass is 19.1. The van der Waals surface area contributed by atoms with Crippen LogP contribution in [0.3, 0.4) is 0 Å². The highest BCUT2D eigenvalue weighted by Gasteiger charge is 2.34. The molecule has 0 aliphatic carbocycles. The Bertz CT molecular complexity index is 516. The van der Waals surface area contributed by atoms with Crippen molar-refractivity contribution in [3.8, 4) is 0 Å². The second-order valence-corrected chi connectivity index (χ2v) is 5.41. The highest BCUT2D eigenvalue weighted by molar-refractivity contribution is 6.00. The lowest BCUT2D eigenvalue weighted by molar-refractivity contribution is -0.127. The van der Waals surface area contributed by atoms with Crippen molar-refractivity contribution in [2.45, 2.75) is 38.3 Å². The van der Waals surface area contributed by atoms with Crippen LogP contribution in [0.25, 0.3) is 0 Å². The van der Waals surface area contributed by atoms with Crippen molar-refractivity contribution < 1.29 is 14.0 Å². The monoisotopic (exact) mass is 292 g/mol. The summed E-state index contributed by atoms with van der Waals surface area (Å²) in [5, 5.41) is 2.66. The zero-order valence-electron chi connectivity index (χ0n) is 12.4. The number of halogens is 1. The molecule has 114 valence electrons. The van der Waals surface area contributed by atoms with Crippen LogP contribution in [0.4, 0.5) is 4.39 Å². The summed E-state index contributed by atoms with van der Waals surface area (Å²) in [5.41, 5.74) is 0.477. The van der Waals surface area contributed by atoms with Gasteiger partial charge in [0.15, 0.2) is 5.78 Å². The van der Waals surface area contributed by atoms with E-state index >= 15 is 0 Å². The number of amides is 1. The molecule has 5 heteroatoms. The number of benzene rings is 1. The summed E-state index contributed by atoms with van der Waals surface area (Å²) in [6.07, 6.45) is 2.74. The molecular weight excluding hydrogens is 271 g/mol. The first-order valence-electron chi connectivity index (χ1n) is 7.31. The molecule has 4 nitrogen and oxygen atoms in total. The average molecular weight is 292 g/mol. The maximum absolute atomic E-state index is 12.9. The molecule has 0 radical (unpaired) electrons. The van der Waals surface area contributed by atoms with Crippen LogP contribution < -0.4 is 5.32 Å². The first kappa shape index (κ1) is 15.6. The lowest BCUT2D eigenvalue weighted by atomic mass is 9.96. The first-order chi connectivity index (χ1) is 10.0. The fraction of sp³-hybridized carbons (Fsp3) is 0.500. The molecular formula is C16H21FN2O2. The number of Topliss-reactive ketones (excluding diaryl/α,β-unsaturated/α-hetero) is 1. The summed E-state index contributed by atoms with van der Waals surface area (Å²) in [4.78, 5) is 26.4. The molecule has 0 spiro atoms. The van der Waals surface area contributed by atoms with E-state index in [1.54, 1.807) is 7.05 Å². The molecule has 1 heterocycles. The van der Waals surface area contributed by atoms with Gasteiger partial charge in [-0.3, -0.25) is 14.5 Å². The van der Waals surface area contributed by atoms with E-state index in [4.69, 9.17) is 0 Å². The number of ketones is 1. The van der Waals surface area contributed by atoms with Gasteiger partial charge in [-0.25, -0.2) is 4.39 Å². The molecule has 2 atom stereocenters. The summed E-state index contributed by atoms with van der Waals surface area (Å²) < 4.78 is 12.9. The maximum atomic E-state index is 12.9. The van der Waals surface area contributed by atoms with Gasteiger partial charge >= 0.3 is 0 Å². The van der Waals surface area contributed by atoms with Gasteiger partial charge in [0.1, 0.15) is 5.82 Å². The van der Waals surface area contributed by atoms with Crippen LogP contribution in [0.5, 0.6) is 0 Å². The van der Waals surface area contributed by atoms with Crippen LogP contribution in [0, 0.1) is 5.82 Å². The minimum Gasteiger partial charge on any atom is -0.358 e. The molecule has 1 fully saturated rings. The van der Waals surface area contributed by atoms with Crippen molar-refractivity contribution in [3.05, 3.63) is 35.6 Å². The first-order valence-corrected chi connectivity index (χ1v) is 7.31. The second kappa shape index (κ2) is 6.80. The van der Waals surface area contributed by atoms with E-state index in [2.05, 4.69) is 5.32 Å². The predicted octanol–water partition coefficient (Wildman–Crippen LogP) is 2.00. The Morgan fingerprint density at radius 2 is 1.95 bits per heavy atom. The Kier molecular flexibility index (Phi) is 5.07. The SMILES string of the molecule is CNC(=O)C1CCCCN1C(C)C(=O)c1ccc(F)cc1. The molecule has 21 heavy (non-hydrogen) atoms. The Hall–Kier alpha value is -1.75. The normalized spacial score (nSPS) is 20.8. The van der Waals surface area contributed by atoms with Crippen LogP contribution in [0.1, 0.15) is 36.5 Å². The lowest BCUT2D eigenvalue weighted by Crippen LogP contribution is -2.54. The van der Waals surface area contributed by atoms with Gasteiger partial charge in [-0.15, -0.1) is 0 Å². The summed E-state index contributed by atoms with van der Waals surface area (Å²) in [7, 11) is 1.61. The molecule has 1 aliphatic rings. The third-order valence-electron chi connectivity index (χ3n) is 4.10. The number of carbonyl (C=O) groups excluding carboxylic acids is 2. The summed E-state index contributed by atoms with van der Waals surface area (Å²) in [5.74, 6) is -0.486.